The van der Waals surface area contributed by atoms with Crippen molar-refractivity contribution in [1.82, 2.24) is 14.8 Å². The van der Waals surface area contributed by atoms with Gasteiger partial charge >= 0.3 is 0 Å². The second kappa shape index (κ2) is 5.72. The van der Waals surface area contributed by atoms with Crippen LogP contribution < -0.4 is 5.73 Å². The number of aryl methyl sites for hydroxylation is 1. The number of hydrogen-bond donors (Lipinski definition) is 1. The van der Waals surface area contributed by atoms with Gasteiger partial charge in [0.1, 0.15) is 12.2 Å². The molecule has 1 unspecified atom stereocenters. The molecule has 0 aliphatic heterocycles. The Labute approximate surface area is 118 Å². The van der Waals surface area contributed by atoms with E-state index in [1.807, 2.05) is 29.8 Å². The van der Waals surface area contributed by atoms with Crippen LogP contribution in [0.5, 0.6) is 0 Å². The Morgan fingerprint density at radius 1 is 1.37 bits per heavy atom. The molecule has 1 aromatic carbocycles. The van der Waals surface area contributed by atoms with Crippen LogP contribution in [0.3, 0.4) is 0 Å². The average Bonchev–Trinajstić information content (AvgIpc) is 2.80. The summed E-state index contributed by atoms with van der Waals surface area (Å²) in [6, 6.07) is 6.09. The van der Waals surface area contributed by atoms with Gasteiger partial charge in [0.05, 0.1) is 0 Å². The van der Waals surface area contributed by atoms with Crippen LogP contribution >= 0.6 is 11.6 Å². The Morgan fingerprint density at radius 2 is 2.11 bits per heavy atom. The maximum absolute atomic E-state index is 6.23. The standard InChI is InChI=1S/C14H19ClN4/c1-9(2)19-14(17-8-18-19)7-13(16)11-5-4-10(3)12(15)6-11/h4-6,8-9,13H,7,16H2,1-3H3. The molecule has 4 nitrogen and oxygen atoms in total. The molecule has 0 radical (unpaired) electrons. The molecule has 0 saturated heterocycles. The highest BCUT2D eigenvalue weighted by Crippen LogP contribution is 2.22. The molecular formula is C14H19ClN4. The fraction of sp³-hybridized carbons (Fsp3) is 0.429. The SMILES string of the molecule is Cc1ccc(C(N)Cc2ncnn2C(C)C)cc1Cl. The van der Waals surface area contributed by atoms with Gasteiger partial charge in [0.25, 0.3) is 0 Å². The molecule has 2 N–H and O–H groups in total. The van der Waals surface area contributed by atoms with Gasteiger partial charge in [0, 0.05) is 23.5 Å². The highest BCUT2D eigenvalue weighted by molar-refractivity contribution is 6.31. The largest absolute Gasteiger partial charge is 0.324 e. The minimum atomic E-state index is -0.125. The Hall–Kier alpha value is -1.39. The summed E-state index contributed by atoms with van der Waals surface area (Å²) in [6.45, 7) is 6.13. The third-order valence-corrected chi connectivity index (χ3v) is 3.57. The summed E-state index contributed by atoms with van der Waals surface area (Å²) in [5.41, 5.74) is 8.31. The van der Waals surface area contributed by atoms with Crippen LogP contribution in [0.2, 0.25) is 5.02 Å². The zero-order valence-corrected chi connectivity index (χ0v) is 12.2. The van der Waals surface area contributed by atoms with Crippen LogP contribution in [0.15, 0.2) is 24.5 Å². The summed E-state index contributed by atoms with van der Waals surface area (Å²) in [7, 11) is 0. The predicted octanol–water partition coefficient (Wildman–Crippen LogP) is 3.06. The van der Waals surface area contributed by atoms with Gasteiger partial charge in [-0.3, -0.25) is 0 Å². The maximum atomic E-state index is 6.23. The number of aromatic nitrogens is 3. The Kier molecular flexibility index (Phi) is 4.22. The lowest BCUT2D eigenvalue weighted by Gasteiger charge is -2.15. The molecular weight excluding hydrogens is 260 g/mol. The van der Waals surface area contributed by atoms with Gasteiger partial charge in [-0.15, -0.1) is 0 Å². The summed E-state index contributed by atoms with van der Waals surface area (Å²) >= 11 is 6.13. The van der Waals surface area contributed by atoms with Crippen LogP contribution in [0.4, 0.5) is 0 Å². The van der Waals surface area contributed by atoms with E-state index in [-0.39, 0.29) is 12.1 Å². The van der Waals surface area contributed by atoms with E-state index >= 15 is 0 Å². The molecule has 5 heteroatoms. The van der Waals surface area contributed by atoms with Crippen molar-refractivity contribution in [2.75, 3.05) is 0 Å². The number of rotatable bonds is 4. The number of nitrogens with zero attached hydrogens (tertiary/aromatic N) is 3. The number of hydrogen-bond acceptors (Lipinski definition) is 3. The van der Waals surface area contributed by atoms with Crippen molar-refractivity contribution in [3.63, 3.8) is 0 Å². The number of nitrogens with two attached hydrogens (primary N) is 1. The highest BCUT2D eigenvalue weighted by atomic mass is 35.5. The van der Waals surface area contributed by atoms with Crippen molar-refractivity contribution >= 4 is 11.6 Å². The Bertz CT molecular complexity index is 562. The van der Waals surface area contributed by atoms with Crippen molar-refractivity contribution in [3.8, 4) is 0 Å². The van der Waals surface area contributed by atoms with E-state index in [1.165, 1.54) is 0 Å². The lowest BCUT2D eigenvalue weighted by Crippen LogP contribution is -2.18. The van der Waals surface area contributed by atoms with Crippen molar-refractivity contribution in [3.05, 3.63) is 46.5 Å². The highest BCUT2D eigenvalue weighted by Gasteiger charge is 2.14. The van der Waals surface area contributed by atoms with Crippen molar-refractivity contribution in [2.45, 2.75) is 39.3 Å². The lowest BCUT2D eigenvalue weighted by molar-refractivity contribution is 0.493. The van der Waals surface area contributed by atoms with Gasteiger partial charge < -0.3 is 5.73 Å². The summed E-state index contributed by atoms with van der Waals surface area (Å²) in [5, 5.41) is 4.97. The van der Waals surface area contributed by atoms with Crippen molar-refractivity contribution in [2.24, 2.45) is 5.73 Å². The molecule has 0 bridgehead atoms. The van der Waals surface area contributed by atoms with Crippen molar-refractivity contribution < 1.29 is 0 Å². The first-order valence-electron chi connectivity index (χ1n) is 6.39. The monoisotopic (exact) mass is 278 g/mol. The third kappa shape index (κ3) is 3.14. The second-order valence-electron chi connectivity index (χ2n) is 5.03. The molecule has 102 valence electrons. The maximum Gasteiger partial charge on any atom is 0.138 e. The summed E-state index contributed by atoms with van der Waals surface area (Å²) < 4.78 is 1.90. The summed E-state index contributed by atoms with van der Waals surface area (Å²) in [6.07, 6.45) is 2.22. The minimum absolute atomic E-state index is 0.125. The molecule has 0 amide bonds. The Morgan fingerprint density at radius 3 is 2.74 bits per heavy atom. The quantitative estimate of drug-likeness (QED) is 0.935. The van der Waals surface area contributed by atoms with E-state index < -0.39 is 0 Å². The second-order valence-corrected chi connectivity index (χ2v) is 5.44. The smallest absolute Gasteiger partial charge is 0.138 e. The van der Waals surface area contributed by atoms with E-state index in [2.05, 4.69) is 23.9 Å². The first-order chi connectivity index (χ1) is 8.99. The zero-order valence-electron chi connectivity index (χ0n) is 11.5. The van der Waals surface area contributed by atoms with Crippen LogP contribution in [0.1, 0.15) is 42.9 Å². The topological polar surface area (TPSA) is 56.7 Å². The van der Waals surface area contributed by atoms with Gasteiger partial charge in [-0.1, -0.05) is 23.7 Å². The minimum Gasteiger partial charge on any atom is -0.324 e. The van der Waals surface area contributed by atoms with Gasteiger partial charge in [-0.05, 0) is 38.0 Å². The first kappa shape index (κ1) is 14.0. The van der Waals surface area contributed by atoms with Gasteiger partial charge in [0.15, 0.2) is 0 Å². The normalized spacial score (nSPS) is 12.9. The van der Waals surface area contributed by atoms with Crippen LogP contribution in [0, 0.1) is 6.92 Å². The summed E-state index contributed by atoms with van der Waals surface area (Å²) in [5.74, 6) is 0.902. The van der Waals surface area contributed by atoms with Crippen LogP contribution in [-0.4, -0.2) is 14.8 Å². The van der Waals surface area contributed by atoms with E-state index in [4.69, 9.17) is 17.3 Å². The zero-order chi connectivity index (χ0) is 14.0. The molecule has 0 fully saturated rings. The Balaban J connectivity index is 2.18. The molecule has 2 rings (SSSR count). The fourth-order valence-corrected chi connectivity index (χ4v) is 2.19. The van der Waals surface area contributed by atoms with Crippen LogP contribution in [0.25, 0.3) is 0 Å². The summed E-state index contributed by atoms with van der Waals surface area (Å²) in [4.78, 5) is 4.28. The molecule has 0 spiro atoms. The first-order valence-corrected chi connectivity index (χ1v) is 6.77. The lowest BCUT2D eigenvalue weighted by atomic mass is 10.0. The van der Waals surface area contributed by atoms with Gasteiger partial charge in [-0.25, -0.2) is 9.67 Å². The van der Waals surface area contributed by atoms with Crippen LogP contribution in [-0.2, 0) is 6.42 Å². The van der Waals surface area contributed by atoms with E-state index in [0.717, 1.165) is 22.0 Å². The fourth-order valence-electron chi connectivity index (χ4n) is 2.01. The van der Waals surface area contributed by atoms with Crippen molar-refractivity contribution in [1.29, 1.82) is 0 Å². The molecule has 1 heterocycles. The molecule has 1 aromatic heterocycles. The van der Waals surface area contributed by atoms with E-state index in [0.29, 0.717) is 6.42 Å². The molecule has 1 atom stereocenters. The molecule has 0 saturated carbocycles. The predicted molar refractivity (Wildman–Crippen MR) is 77.2 cm³/mol. The number of benzene rings is 1. The number of halogens is 1. The van der Waals surface area contributed by atoms with E-state index in [1.54, 1.807) is 6.33 Å². The molecule has 0 aliphatic carbocycles. The molecule has 19 heavy (non-hydrogen) atoms. The average molecular weight is 279 g/mol. The third-order valence-electron chi connectivity index (χ3n) is 3.16. The molecule has 0 aliphatic rings. The van der Waals surface area contributed by atoms with E-state index in [9.17, 15) is 0 Å². The van der Waals surface area contributed by atoms with Gasteiger partial charge in [0.2, 0.25) is 0 Å². The van der Waals surface area contributed by atoms with Gasteiger partial charge in [-0.2, -0.15) is 5.10 Å². The molecule has 2 aromatic rings.